The highest BCUT2D eigenvalue weighted by Crippen LogP contribution is 2.31. The van der Waals surface area contributed by atoms with Gasteiger partial charge in [0, 0.05) is 5.39 Å². The summed E-state index contributed by atoms with van der Waals surface area (Å²) in [5, 5.41) is 13.7. The molecule has 1 N–H and O–H groups in total. The SMILES string of the molecule is Cc1cc2onc(CCc3ccc(-c4ccc(C(F)(F)F)cc4)cc3)c2cc1OCC(=O)O. The van der Waals surface area contributed by atoms with Crippen molar-refractivity contribution in [1.82, 2.24) is 5.16 Å². The lowest BCUT2D eigenvalue weighted by atomic mass is 10.00. The number of benzene rings is 3. The molecule has 0 saturated heterocycles. The molecule has 0 fully saturated rings. The molecule has 3 aromatic carbocycles. The van der Waals surface area contributed by atoms with E-state index in [0.29, 0.717) is 29.7 Å². The Morgan fingerprint density at radius 2 is 1.64 bits per heavy atom. The second-order valence-electron chi connectivity index (χ2n) is 7.70. The lowest BCUT2D eigenvalue weighted by molar-refractivity contribution is -0.139. The van der Waals surface area contributed by atoms with Gasteiger partial charge in [-0.2, -0.15) is 13.2 Å². The molecular formula is C25H20F3NO4. The van der Waals surface area contributed by atoms with Crippen LogP contribution in [0, 0.1) is 6.92 Å². The Morgan fingerprint density at radius 3 is 2.24 bits per heavy atom. The van der Waals surface area contributed by atoms with Gasteiger partial charge in [-0.3, -0.25) is 0 Å². The highest BCUT2D eigenvalue weighted by atomic mass is 19.4. The number of rotatable bonds is 7. The molecule has 0 amide bonds. The lowest BCUT2D eigenvalue weighted by Crippen LogP contribution is -2.10. The Bertz CT molecular complexity index is 1280. The number of nitrogens with zero attached hydrogens (tertiary/aromatic N) is 1. The number of carboxylic acids is 1. The van der Waals surface area contributed by atoms with Crippen molar-refractivity contribution in [3.05, 3.63) is 83.0 Å². The van der Waals surface area contributed by atoms with Gasteiger partial charge in [0.25, 0.3) is 0 Å². The molecule has 4 rings (SSSR count). The largest absolute Gasteiger partial charge is 0.482 e. The fourth-order valence-corrected chi connectivity index (χ4v) is 3.57. The summed E-state index contributed by atoms with van der Waals surface area (Å²) >= 11 is 0. The first-order valence-electron chi connectivity index (χ1n) is 10.2. The zero-order chi connectivity index (χ0) is 23.6. The van der Waals surface area contributed by atoms with Gasteiger partial charge in [-0.05, 0) is 66.3 Å². The molecule has 4 aromatic rings. The van der Waals surface area contributed by atoms with Crippen LogP contribution in [0.15, 0.2) is 65.2 Å². The van der Waals surface area contributed by atoms with Crippen molar-refractivity contribution in [2.24, 2.45) is 0 Å². The number of fused-ring (bicyclic) bond motifs is 1. The van der Waals surface area contributed by atoms with Gasteiger partial charge in [-0.1, -0.05) is 41.6 Å². The highest BCUT2D eigenvalue weighted by Gasteiger charge is 2.29. The van der Waals surface area contributed by atoms with Crippen LogP contribution in [0.1, 0.15) is 22.4 Å². The van der Waals surface area contributed by atoms with Crippen molar-refractivity contribution >= 4 is 16.9 Å². The molecule has 33 heavy (non-hydrogen) atoms. The second-order valence-corrected chi connectivity index (χ2v) is 7.70. The van der Waals surface area contributed by atoms with Crippen LogP contribution < -0.4 is 4.74 Å². The smallest absolute Gasteiger partial charge is 0.416 e. The molecule has 0 unspecified atom stereocenters. The Balaban J connectivity index is 1.46. The number of carbonyl (C=O) groups is 1. The third kappa shape index (κ3) is 5.16. The monoisotopic (exact) mass is 455 g/mol. The molecule has 0 aliphatic heterocycles. The first kappa shape index (κ1) is 22.4. The number of hydrogen-bond donors (Lipinski definition) is 1. The van der Waals surface area contributed by atoms with E-state index >= 15 is 0 Å². The van der Waals surface area contributed by atoms with Gasteiger partial charge < -0.3 is 14.4 Å². The van der Waals surface area contributed by atoms with Gasteiger partial charge in [-0.25, -0.2) is 4.79 Å². The van der Waals surface area contributed by atoms with E-state index in [0.717, 1.165) is 39.9 Å². The van der Waals surface area contributed by atoms with Crippen molar-refractivity contribution in [2.75, 3.05) is 6.61 Å². The summed E-state index contributed by atoms with van der Waals surface area (Å²) in [6, 6.07) is 16.2. The van der Waals surface area contributed by atoms with E-state index in [4.69, 9.17) is 14.4 Å². The van der Waals surface area contributed by atoms with E-state index < -0.39 is 24.3 Å². The molecule has 1 heterocycles. The second kappa shape index (κ2) is 8.97. The van der Waals surface area contributed by atoms with Gasteiger partial charge >= 0.3 is 12.1 Å². The van der Waals surface area contributed by atoms with Crippen molar-refractivity contribution in [2.45, 2.75) is 25.9 Å². The first-order chi connectivity index (χ1) is 15.7. The molecule has 0 aliphatic rings. The topological polar surface area (TPSA) is 72.6 Å². The molecule has 0 aliphatic carbocycles. The Kier molecular flexibility index (Phi) is 6.09. The molecule has 1 aromatic heterocycles. The number of halogens is 3. The number of aromatic nitrogens is 1. The van der Waals surface area contributed by atoms with Crippen LogP contribution in [0.25, 0.3) is 22.1 Å². The molecule has 0 radical (unpaired) electrons. The van der Waals surface area contributed by atoms with Crippen LogP contribution >= 0.6 is 0 Å². The molecular weight excluding hydrogens is 435 g/mol. The van der Waals surface area contributed by atoms with Gasteiger partial charge in [-0.15, -0.1) is 0 Å². The summed E-state index contributed by atoms with van der Waals surface area (Å²) in [4.78, 5) is 10.8. The number of alkyl halides is 3. The van der Waals surface area contributed by atoms with Crippen LogP contribution in [-0.2, 0) is 23.8 Å². The fraction of sp³-hybridized carbons (Fsp3) is 0.200. The number of ether oxygens (including phenoxy) is 1. The highest BCUT2D eigenvalue weighted by molar-refractivity contribution is 5.82. The zero-order valence-corrected chi connectivity index (χ0v) is 17.6. The van der Waals surface area contributed by atoms with Crippen molar-refractivity contribution < 1.29 is 32.3 Å². The summed E-state index contributed by atoms with van der Waals surface area (Å²) in [7, 11) is 0. The summed E-state index contributed by atoms with van der Waals surface area (Å²) < 4.78 is 49.0. The molecule has 170 valence electrons. The molecule has 8 heteroatoms. The maximum absolute atomic E-state index is 12.7. The number of carboxylic acid groups (broad SMARTS) is 1. The minimum absolute atomic E-state index is 0.432. The van der Waals surface area contributed by atoms with Gasteiger partial charge in [0.2, 0.25) is 0 Å². The van der Waals surface area contributed by atoms with Gasteiger partial charge in [0.05, 0.1) is 11.3 Å². The standard InChI is InChI=1S/C25H20F3NO4/c1-15-12-23-20(13-22(15)32-14-24(30)31)21(29-33-23)11-4-16-2-5-17(6-3-16)18-7-9-19(10-8-18)25(26,27)28/h2-3,5-10,12-13H,4,11,14H2,1H3,(H,30,31). The molecule has 0 atom stereocenters. The summed E-state index contributed by atoms with van der Waals surface area (Å²) in [5.41, 5.74) is 3.99. The minimum atomic E-state index is -4.35. The summed E-state index contributed by atoms with van der Waals surface area (Å²) in [6.45, 7) is 1.37. The van der Waals surface area contributed by atoms with Gasteiger partial charge in [0.1, 0.15) is 5.75 Å². The van der Waals surface area contributed by atoms with E-state index in [1.165, 1.54) is 12.1 Å². The normalized spacial score (nSPS) is 11.6. The van der Waals surface area contributed by atoms with Crippen LogP contribution in [0.4, 0.5) is 13.2 Å². The predicted octanol–water partition coefficient (Wildman–Crippen LogP) is 6.07. The number of hydrogen-bond acceptors (Lipinski definition) is 4. The number of aliphatic carboxylic acids is 1. The Hall–Kier alpha value is -3.81. The first-order valence-corrected chi connectivity index (χ1v) is 10.2. The van der Waals surface area contributed by atoms with Crippen LogP contribution in [0.3, 0.4) is 0 Å². The van der Waals surface area contributed by atoms with E-state index in [2.05, 4.69) is 5.16 Å². The third-order valence-corrected chi connectivity index (χ3v) is 5.34. The Labute approximate surface area is 187 Å². The quantitative estimate of drug-likeness (QED) is 0.366. The van der Waals surface area contributed by atoms with E-state index in [9.17, 15) is 18.0 Å². The predicted molar refractivity (Wildman–Crippen MR) is 116 cm³/mol. The van der Waals surface area contributed by atoms with Crippen LogP contribution in [-0.4, -0.2) is 22.8 Å². The van der Waals surface area contributed by atoms with E-state index in [1.807, 2.05) is 24.3 Å². The molecule has 0 spiro atoms. The lowest BCUT2D eigenvalue weighted by Gasteiger charge is -2.08. The van der Waals surface area contributed by atoms with Crippen molar-refractivity contribution in [3.63, 3.8) is 0 Å². The fourth-order valence-electron chi connectivity index (χ4n) is 3.57. The van der Waals surface area contributed by atoms with Gasteiger partial charge in [0.15, 0.2) is 12.2 Å². The minimum Gasteiger partial charge on any atom is -0.482 e. The maximum atomic E-state index is 12.7. The van der Waals surface area contributed by atoms with Crippen LogP contribution in [0.5, 0.6) is 5.75 Å². The Morgan fingerprint density at radius 1 is 1.00 bits per heavy atom. The number of aryl methyl sites for hydroxylation is 3. The van der Waals surface area contributed by atoms with E-state index in [-0.39, 0.29) is 0 Å². The molecule has 0 saturated carbocycles. The summed E-state index contributed by atoms with van der Waals surface area (Å²) in [6.07, 6.45) is -3.09. The molecule has 5 nitrogen and oxygen atoms in total. The molecule has 0 bridgehead atoms. The average molecular weight is 455 g/mol. The average Bonchev–Trinajstić information content (AvgIpc) is 3.17. The maximum Gasteiger partial charge on any atom is 0.416 e. The zero-order valence-electron chi connectivity index (χ0n) is 17.6. The van der Waals surface area contributed by atoms with Crippen molar-refractivity contribution in [1.29, 1.82) is 0 Å². The summed E-state index contributed by atoms with van der Waals surface area (Å²) in [5.74, 6) is -0.588. The van der Waals surface area contributed by atoms with E-state index in [1.54, 1.807) is 19.1 Å². The van der Waals surface area contributed by atoms with Crippen LogP contribution in [0.2, 0.25) is 0 Å². The third-order valence-electron chi connectivity index (χ3n) is 5.34. The van der Waals surface area contributed by atoms with Crippen molar-refractivity contribution in [3.8, 4) is 16.9 Å².